The van der Waals surface area contributed by atoms with Gasteiger partial charge in [-0.15, -0.1) is 0 Å². The number of hydrogen-bond donors (Lipinski definition) is 0. The molecule has 0 bridgehead atoms. The van der Waals surface area contributed by atoms with Crippen LogP contribution in [0.25, 0.3) is 0 Å². The molecule has 0 N–H and O–H groups in total. The lowest BCUT2D eigenvalue weighted by Crippen LogP contribution is -2.29. The number of hydrogen-bond acceptors (Lipinski definition) is 0. The summed E-state index contributed by atoms with van der Waals surface area (Å²) in [5.41, 5.74) is 5.01. The fraction of sp³-hybridized carbons (Fsp3) is 0.750. The van der Waals surface area contributed by atoms with E-state index < -0.39 is 0 Å². The minimum atomic E-state index is 0.185. The van der Waals surface area contributed by atoms with Crippen molar-refractivity contribution in [1.29, 1.82) is 0 Å². The van der Waals surface area contributed by atoms with E-state index in [2.05, 4.69) is 94.4 Å². The zero-order valence-corrected chi connectivity index (χ0v) is 18.9. The van der Waals surface area contributed by atoms with Gasteiger partial charge in [0.2, 0.25) is 0 Å². The van der Waals surface area contributed by atoms with Gasteiger partial charge in [0.15, 0.2) is 0 Å². The van der Waals surface area contributed by atoms with E-state index in [1.165, 1.54) is 16.7 Å². The first-order chi connectivity index (χ1) is 10.7. The zero-order chi connectivity index (χ0) is 19.5. The molecule has 0 heterocycles. The van der Waals surface area contributed by atoms with Gasteiger partial charge in [-0.3, -0.25) is 0 Å². The Kier molecular flexibility index (Phi) is 7.80. The maximum atomic E-state index is 2.47. The predicted octanol–water partition coefficient (Wildman–Crippen LogP) is 7.88. The minimum Gasteiger partial charge on any atom is -0.0683 e. The summed E-state index contributed by atoms with van der Waals surface area (Å²) >= 11 is 0. The van der Waals surface area contributed by atoms with Crippen LogP contribution in [0, 0.1) is 11.8 Å². The highest BCUT2D eigenvalue weighted by Gasteiger charge is 2.31. The molecule has 1 rings (SSSR count). The Morgan fingerprint density at radius 3 is 1.00 bits per heavy atom. The molecule has 0 unspecified atom stereocenters. The Morgan fingerprint density at radius 2 is 0.792 bits per heavy atom. The maximum Gasteiger partial charge on any atom is -0.00804 e. The summed E-state index contributed by atoms with van der Waals surface area (Å²) in [5, 5.41) is 0. The molecule has 0 aliphatic heterocycles. The SMILES string of the molecule is CC.CC(C)C(C)(C)c1cc(C(C)(C)C)cc(C(C)(C)C(C)C)c1. The predicted molar refractivity (Wildman–Crippen MR) is 112 cm³/mol. The number of benzene rings is 1. The minimum absolute atomic E-state index is 0.185. The molecule has 0 atom stereocenters. The monoisotopic (exact) mass is 332 g/mol. The van der Waals surface area contributed by atoms with E-state index in [1.54, 1.807) is 0 Å². The van der Waals surface area contributed by atoms with Crippen LogP contribution in [0.15, 0.2) is 18.2 Å². The lowest BCUT2D eigenvalue weighted by atomic mass is 9.68. The van der Waals surface area contributed by atoms with Gasteiger partial charge in [-0.05, 0) is 44.8 Å². The average Bonchev–Trinajstić information content (AvgIpc) is 2.47. The van der Waals surface area contributed by atoms with Crippen molar-refractivity contribution < 1.29 is 0 Å². The topological polar surface area (TPSA) is 0 Å². The molecule has 1 aromatic carbocycles. The molecule has 0 nitrogen and oxygen atoms in total. The van der Waals surface area contributed by atoms with Crippen LogP contribution in [-0.2, 0) is 16.2 Å². The highest BCUT2D eigenvalue weighted by atomic mass is 14.4. The van der Waals surface area contributed by atoms with E-state index >= 15 is 0 Å². The van der Waals surface area contributed by atoms with Crippen LogP contribution in [0.1, 0.15) is 107 Å². The van der Waals surface area contributed by atoms with E-state index in [0.29, 0.717) is 11.8 Å². The molecule has 0 saturated heterocycles. The van der Waals surface area contributed by atoms with Crippen molar-refractivity contribution in [3.63, 3.8) is 0 Å². The lowest BCUT2D eigenvalue weighted by Gasteiger charge is -2.36. The van der Waals surface area contributed by atoms with Gasteiger partial charge >= 0.3 is 0 Å². The van der Waals surface area contributed by atoms with Gasteiger partial charge < -0.3 is 0 Å². The fourth-order valence-electron chi connectivity index (χ4n) is 2.47. The molecule has 0 heteroatoms. The normalized spacial score (nSPS) is 13.1. The van der Waals surface area contributed by atoms with Crippen molar-refractivity contribution in [2.24, 2.45) is 11.8 Å². The summed E-state index contributed by atoms with van der Waals surface area (Å²) < 4.78 is 0. The molecule has 1 aromatic rings. The van der Waals surface area contributed by atoms with Crippen LogP contribution in [-0.4, -0.2) is 0 Å². The Hall–Kier alpha value is -0.780. The Morgan fingerprint density at radius 1 is 0.542 bits per heavy atom. The summed E-state index contributed by atoms with van der Waals surface area (Å²) in [6.45, 7) is 29.8. The second-order valence-corrected chi connectivity index (χ2v) is 9.80. The first-order valence-electron chi connectivity index (χ1n) is 9.87. The van der Waals surface area contributed by atoms with E-state index in [0.717, 1.165) is 0 Å². The molecule has 0 aromatic heterocycles. The third kappa shape index (κ3) is 5.11. The third-order valence-electron chi connectivity index (χ3n) is 6.17. The summed E-state index contributed by atoms with van der Waals surface area (Å²) in [6.07, 6.45) is 0. The first kappa shape index (κ1) is 23.2. The molecule has 0 fully saturated rings. The quantitative estimate of drug-likeness (QED) is 0.526. The van der Waals surface area contributed by atoms with Crippen LogP contribution in [0.5, 0.6) is 0 Å². The molecule has 0 aliphatic carbocycles. The van der Waals surface area contributed by atoms with E-state index in [1.807, 2.05) is 13.8 Å². The van der Waals surface area contributed by atoms with Crippen LogP contribution in [0.3, 0.4) is 0 Å². The molecular weight excluding hydrogens is 288 g/mol. The summed E-state index contributed by atoms with van der Waals surface area (Å²) in [5.74, 6) is 1.25. The van der Waals surface area contributed by atoms with Crippen molar-refractivity contribution in [3.8, 4) is 0 Å². The smallest absolute Gasteiger partial charge is 0.00804 e. The van der Waals surface area contributed by atoms with E-state index in [4.69, 9.17) is 0 Å². The van der Waals surface area contributed by atoms with E-state index in [-0.39, 0.29) is 16.2 Å². The van der Waals surface area contributed by atoms with Crippen molar-refractivity contribution in [2.45, 2.75) is 106 Å². The molecule has 0 radical (unpaired) electrons. The van der Waals surface area contributed by atoms with Gasteiger partial charge in [-0.2, -0.15) is 0 Å². The molecule has 140 valence electrons. The first-order valence-corrected chi connectivity index (χ1v) is 9.87. The van der Waals surface area contributed by atoms with Gasteiger partial charge in [-0.1, -0.05) is 108 Å². The largest absolute Gasteiger partial charge is 0.0683 e. The van der Waals surface area contributed by atoms with Crippen LogP contribution in [0.2, 0.25) is 0 Å². The third-order valence-corrected chi connectivity index (χ3v) is 6.17. The zero-order valence-electron chi connectivity index (χ0n) is 18.9. The molecule has 24 heavy (non-hydrogen) atoms. The van der Waals surface area contributed by atoms with Gasteiger partial charge in [0.05, 0.1) is 0 Å². The van der Waals surface area contributed by atoms with Crippen LogP contribution < -0.4 is 0 Å². The Bertz CT molecular complexity index is 469. The summed E-state index contributed by atoms with van der Waals surface area (Å²) in [7, 11) is 0. The summed E-state index contributed by atoms with van der Waals surface area (Å²) in [4.78, 5) is 0. The summed E-state index contributed by atoms with van der Waals surface area (Å²) in [6, 6.07) is 7.36. The standard InChI is InChI=1S/C22H38.C2H6/c1-15(2)21(8,9)18-12-17(20(5,6)7)13-19(14-18)22(10,11)16(3)4;1-2/h12-16H,1-11H3;1-2H3. The van der Waals surface area contributed by atoms with Crippen molar-refractivity contribution in [2.75, 3.05) is 0 Å². The number of rotatable bonds is 4. The highest BCUT2D eigenvalue weighted by molar-refractivity contribution is 5.41. The highest BCUT2D eigenvalue weighted by Crippen LogP contribution is 2.39. The molecule has 0 amide bonds. The van der Waals surface area contributed by atoms with Crippen molar-refractivity contribution >= 4 is 0 Å². The molecule has 0 saturated carbocycles. The van der Waals surface area contributed by atoms with Gasteiger partial charge in [0, 0.05) is 0 Å². The van der Waals surface area contributed by atoms with Crippen molar-refractivity contribution in [3.05, 3.63) is 34.9 Å². The Labute approximate surface area is 153 Å². The average molecular weight is 333 g/mol. The van der Waals surface area contributed by atoms with Crippen LogP contribution >= 0.6 is 0 Å². The fourth-order valence-corrected chi connectivity index (χ4v) is 2.47. The second kappa shape index (κ2) is 8.07. The maximum absolute atomic E-state index is 2.47. The molecule has 0 aliphatic rings. The Balaban J connectivity index is 0.00000254. The molecular formula is C24H44. The van der Waals surface area contributed by atoms with Crippen LogP contribution in [0.4, 0.5) is 0 Å². The molecule has 0 spiro atoms. The van der Waals surface area contributed by atoms with Gasteiger partial charge in [-0.25, -0.2) is 0 Å². The van der Waals surface area contributed by atoms with Gasteiger partial charge in [0.25, 0.3) is 0 Å². The second-order valence-electron chi connectivity index (χ2n) is 9.80. The van der Waals surface area contributed by atoms with Gasteiger partial charge in [0.1, 0.15) is 0 Å². The van der Waals surface area contributed by atoms with E-state index in [9.17, 15) is 0 Å². The lowest BCUT2D eigenvalue weighted by molar-refractivity contribution is 0.358. The van der Waals surface area contributed by atoms with Crippen molar-refractivity contribution in [1.82, 2.24) is 0 Å².